The minimum absolute atomic E-state index is 0.183. The molecule has 2 aliphatic carbocycles. The van der Waals surface area contributed by atoms with Crippen LogP contribution in [0.25, 0.3) is 0 Å². The van der Waals surface area contributed by atoms with Gasteiger partial charge in [0.2, 0.25) is 0 Å². The highest BCUT2D eigenvalue weighted by Crippen LogP contribution is 2.40. The van der Waals surface area contributed by atoms with E-state index in [0.29, 0.717) is 18.6 Å². The van der Waals surface area contributed by atoms with Crippen LogP contribution in [0.4, 0.5) is 0 Å². The first-order valence-electron chi connectivity index (χ1n) is 7.12. The smallest absolute Gasteiger partial charge is 0.0681 e. The van der Waals surface area contributed by atoms with Crippen molar-refractivity contribution in [3.63, 3.8) is 0 Å². The molecule has 0 aromatic heterocycles. The van der Waals surface area contributed by atoms with Crippen molar-refractivity contribution in [2.24, 2.45) is 11.8 Å². The zero-order valence-electron chi connectivity index (χ0n) is 11.2. The maximum Gasteiger partial charge on any atom is 0.0681 e. The average molecular weight is 241 g/mol. The minimum Gasteiger partial charge on any atom is -0.394 e. The fourth-order valence-electron chi connectivity index (χ4n) is 2.62. The van der Waals surface area contributed by atoms with E-state index in [2.05, 4.69) is 19.2 Å². The Hall–Kier alpha value is -0.120. The zero-order valence-corrected chi connectivity index (χ0v) is 11.2. The number of ether oxygens (including phenoxy) is 1. The monoisotopic (exact) mass is 241 g/mol. The third-order valence-electron chi connectivity index (χ3n) is 3.94. The molecular weight excluding hydrogens is 214 g/mol. The highest BCUT2D eigenvalue weighted by atomic mass is 16.5. The highest BCUT2D eigenvalue weighted by Gasteiger charge is 2.45. The Morgan fingerprint density at radius 2 is 2.00 bits per heavy atom. The number of nitrogens with one attached hydrogen (secondary N) is 1. The molecule has 0 amide bonds. The first-order chi connectivity index (χ1) is 8.16. The van der Waals surface area contributed by atoms with Gasteiger partial charge < -0.3 is 15.2 Å². The van der Waals surface area contributed by atoms with Crippen molar-refractivity contribution >= 4 is 0 Å². The summed E-state index contributed by atoms with van der Waals surface area (Å²) < 4.78 is 5.82. The molecule has 2 rings (SSSR count). The van der Waals surface area contributed by atoms with Gasteiger partial charge in [0.05, 0.1) is 18.8 Å². The largest absolute Gasteiger partial charge is 0.394 e. The van der Waals surface area contributed by atoms with Gasteiger partial charge in [0.15, 0.2) is 0 Å². The van der Waals surface area contributed by atoms with Gasteiger partial charge in [-0.05, 0) is 31.1 Å². The van der Waals surface area contributed by atoms with Gasteiger partial charge in [-0.15, -0.1) is 0 Å². The lowest BCUT2D eigenvalue weighted by Crippen LogP contribution is -2.56. The molecule has 0 aliphatic heterocycles. The van der Waals surface area contributed by atoms with Gasteiger partial charge in [-0.25, -0.2) is 0 Å². The lowest BCUT2D eigenvalue weighted by Gasteiger charge is -2.35. The quantitative estimate of drug-likeness (QED) is 0.606. The van der Waals surface area contributed by atoms with E-state index in [4.69, 9.17) is 4.74 Å². The number of aliphatic hydroxyl groups is 1. The second-order valence-corrected chi connectivity index (χ2v) is 6.17. The molecule has 2 fully saturated rings. The highest BCUT2D eigenvalue weighted by molar-refractivity contribution is 5.01. The van der Waals surface area contributed by atoms with Crippen LogP contribution < -0.4 is 5.32 Å². The summed E-state index contributed by atoms with van der Waals surface area (Å²) in [5.41, 5.74) is -0.183. The van der Waals surface area contributed by atoms with E-state index < -0.39 is 0 Å². The number of rotatable bonds is 9. The van der Waals surface area contributed by atoms with Crippen molar-refractivity contribution < 1.29 is 9.84 Å². The first kappa shape index (κ1) is 13.3. The second-order valence-electron chi connectivity index (χ2n) is 6.17. The van der Waals surface area contributed by atoms with E-state index in [0.717, 1.165) is 12.5 Å². The Labute approximate surface area is 105 Å². The van der Waals surface area contributed by atoms with E-state index in [9.17, 15) is 5.11 Å². The third-order valence-corrected chi connectivity index (χ3v) is 3.94. The van der Waals surface area contributed by atoms with E-state index in [1.165, 1.54) is 32.1 Å². The fraction of sp³-hybridized carbons (Fsp3) is 1.00. The van der Waals surface area contributed by atoms with Crippen LogP contribution in [0.5, 0.6) is 0 Å². The summed E-state index contributed by atoms with van der Waals surface area (Å²) in [6, 6.07) is 0.398. The summed E-state index contributed by atoms with van der Waals surface area (Å²) in [6.07, 6.45) is 6.44. The molecule has 0 saturated heterocycles. The molecule has 0 bridgehead atoms. The molecular formula is C14H27NO2. The van der Waals surface area contributed by atoms with Crippen molar-refractivity contribution in [3.8, 4) is 0 Å². The van der Waals surface area contributed by atoms with Crippen molar-refractivity contribution in [2.45, 2.75) is 57.5 Å². The van der Waals surface area contributed by atoms with Crippen LogP contribution in [0.3, 0.4) is 0 Å². The van der Waals surface area contributed by atoms with Gasteiger partial charge in [0.1, 0.15) is 0 Å². The molecule has 17 heavy (non-hydrogen) atoms. The van der Waals surface area contributed by atoms with Gasteiger partial charge in [-0.3, -0.25) is 0 Å². The predicted octanol–water partition coefficient (Wildman–Crippen LogP) is 1.94. The molecule has 3 nitrogen and oxygen atoms in total. The Balaban J connectivity index is 1.76. The lowest BCUT2D eigenvalue weighted by atomic mass is 9.94. The van der Waals surface area contributed by atoms with Gasteiger partial charge in [0, 0.05) is 12.6 Å². The first-order valence-corrected chi connectivity index (χ1v) is 7.12. The van der Waals surface area contributed by atoms with Crippen molar-refractivity contribution in [2.75, 3.05) is 19.8 Å². The van der Waals surface area contributed by atoms with Crippen LogP contribution in [-0.4, -0.2) is 36.5 Å². The van der Waals surface area contributed by atoms with Crippen molar-refractivity contribution in [1.82, 2.24) is 5.32 Å². The maximum atomic E-state index is 9.71. The molecule has 0 heterocycles. The standard InChI is InChI=1S/C14H27NO2/c1-11(2)15-14(9-16,13-5-6-13)10-17-8-7-12-3-4-12/h11-13,15-16H,3-10H2,1-2H3. The van der Waals surface area contributed by atoms with Crippen LogP contribution in [-0.2, 0) is 4.74 Å². The predicted molar refractivity (Wildman–Crippen MR) is 69.0 cm³/mol. The molecule has 2 saturated carbocycles. The van der Waals surface area contributed by atoms with Crippen LogP contribution in [0.1, 0.15) is 46.0 Å². The topological polar surface area (TPSA) is 41.5 Å². The number of aliphatic hydroxyl groups excluding tert-OH is 1. The molecule has 0 aromatic rings. The van der Waals surface area contributed by atoms with Crippen LogP contribution in [0.15, 0.2) is 0 Å². The van der Waals surface area contributed by atoms with E-state index in [1.807, 2.05) is 0 Å². The maximum absolute atomic E-state index is 9.71. The normalized spacial score (nSPS) is 24.0. The molecule has 100 valence electrons. The van der Waals surface area contributed by atoms with E-state index in [1.54, 1.807) is 0 Å². The summed E-state index contributed by atoms with van der Waals surface area (Å²) in [5, 5.41) is 13.2. The van der Waals surface area contributed by atoms with Crippen molar-refractivity contribution in [1.29, 1.82) is 0 Å². The second kappa shape index (κ2) is 5.68. The average Bonchev–Trinajstić information content (AvgIpc) is 3.15. The Bertz CT molecular complexity index is 236. The number of hydrogen-bond donors (Lipinski definition) is 2. The lowest BCUT2D eigenvalue weighted by molar-refractivity contribution is 0.0173. The van der Waals surface area contributed by atoms with Crippen LogP contribution in [0, 0.1) is 11.8 Å². The Kier molecular flexibility index (Phi) is 4.45. The summed E-state index contributed by atoms with van der Waals surface area (Å²) >= 11 is 0. The molecule has 1 unspecified atom stereocenters. The van der Waals surface area contributed by atoms with Gasteiger partial charge >= 0.3 is 0 Å². The van der Waals surface area contributed by atoms with Crippen molar-refractivity contribution in [3.05, 3.63) is 0 Å². The Morgan fingerprint density at radius 3 is 2.47 bits per heavy atom. The Morgan fingerprint density at radius 1 is 1.29 bits per heavy atom. The molecule has 1 atom stereocenters. The fourth-order valence-corrected chi connectivity index (χ4v) is 2.62. The van der Waals surface area contributed by atoms with Gasteiger partial charge in [-0.1, -0.05) is 26.7 Å². The molecule has 0 spiro atoms. The van der Waals surface area contributed by atoms with E-state index in [-0.39, 0.29) is 12.1 Å². The van der Waals surface area contributed by atoms with E-state index >= 15 is 0 Å². The molecule has 0 radical (unpaired) electrons. The third kappa shape index (κ3) is 3.94. The number of hydrogen-bond acceptors (Lipinski definition) is 3. The minimum atomic E-state index is -0.183. The SMILES string of the molecule is CC(C)NC(CO)(COCCC1CC1)C1CC1. The molecule has 3 heteroatoms. The van der Waals surface area contributed by atoms with Gasteiger partial charge in [0.25, 0.3) is 0 Å². The molecule has 0 aromatic carbocycles. The molecule has 2 aliphatic rings. The summed E-state index contributed by atoms with van der Waals surface area (Å²) in [6.45, 7) is 5.99. The zero-order chi connectivity index (χ0) is 12.3. The summed E-state index contributed by atoms with van der Waals surface area (Å²) in [4.78, 5) is 0. The summed E-state index contributed by atoms with van der Waals surface area (Å²) in [7, 11) is 0. The van der Waals surface area contributed by atoms with Crippen LogP contribution in [0.2, 0.25) is 0 Å². The van der Waals surface area contributed by atoms with Gasteiger partial charge in [-0.2, -0.15) is 0 Å². The molecule has 2 N–H and O–H groups in total. The van der Waals surface area contributed by atoms with Crippen LogP contribution >= 0.6 is 0 Å². The summed E-state index contributed by atoms with van der Waals surface area (Å²) in [5.74, 6) is 1.54.